The summed E-state index contributed by atoms with van der Waals surface area (Å²) in [4.78, 5) is 0. The molecular formula is C19H11ClFNO. The van der Waals surface area contributed by atoms with E-state index in [2.05, 4.69) is 6.07 Å². The van der Waals surface area contributed by atoms with Crippen molar-refractivity contribution in [1.82, 2.24) is 0 Å². The number of furan rings is 1. The largest absolute Gasteiger partial charge is 0.457 e. The van der Waals surface area contributed by atoms with Gasteiger partial charge in [-0.1, -0.05) is 35.9 Å². The van der Waals surface area contributed by atoms with E-state index in [4.69, 9.17) is 16.0 Å². The zero-order valence-electron chi connectivity index (χ0n) is 12.0. The lowest BCUT2D eigenvalue weighted by Crippen LogP contribution is -1.83. The van der Waals surface area contributed by atoms with Crippen LogP contribution in [0.2, 0.25) is 5.02 Å². The summed E-state index contributed by atoms with van der Waals surface area (Å²) in [5.74, 6) is 0.777. The van der Waals surface area contributed by atoms with Gasteiger partial charge in [-0.2, -0.15) is 5.26 Å². The average molecular weight is 324 g/mol. The highest BCUT2D eigenvalue weighted by molar-refractivity contribution is 6.30. The number of halogens is 2. The fourth-order valence-electron chi connectivity index (χ4n) is 2.21. The highest BCUT2D eigenvalue weighted by Crippen LogP contribution is 2.27. The van der Waals surface area contributed by atoms with Crippen LogP contribution in [0.5, 0.6) is 0 Å². The number of hydrogen-bond donors (Lipinski definition) is 0. The Hall–Kier alpha value is -2.83. The molecule has 3 rings (SSSR count). The van der Waals surface area contributed by atoms with Crippen molar-refractivity contribution < 1.29 is 8.81 Å². The smallest absolute Gasteiger partial charge is 0.134 e. The third-order valence-corrected chi connectivity index (χ3v) is 3.51. The Balaban J connectivity index is 1.95. The van der Waals surface area contributed by atoms with Crippen molar-refractivity contribution in [3.63, 3.8) is 0 Å². The second-order valence-electron chi connectivity index (χ2n) is 4.89. The van der Waals surface area contributed by atoms with Gasteiger partial charge in [0.05, 0.1) is 11.6 Å². The maximum absolute atomic E-state index is 13.3. The minimum atomic E-state index is -0.386. The van der Waals surface area contributed by atoms with Crippen molar-refractivity contribution in [1.29, 1.82) is 5.26 Å². The predicted octanol–water partition coefficient (Wildman–Crippen LogP) is 5.80. The van der Waals surface area contributed by atoms with Gasteiger partial charge in [0.1, 0.15) is 17.3 Å². The van der Waals surface area contributed by atoms with Crippen molar-refractivity contribution in [2.45, 2.75) is 0 Å². The monoisotopic (exact) mass is 323 g/mol. The molecule has 0 fully saturated rings. The van der Waals surface area contributed by atoms with Crippen LogP contribution in [0.4, 0.5) is 4.39 Å². The number of hydrogen-bond acceptors (Lipinski definition) is 2. The molecule has 2 aromatic carbocycles. The summed E-state index contributed by atoms with van der Waals surface area (Å²) in [5, 5.41) is 9.91. The Morgan fingerprint density at radius 2 is 1.91 bits per heavy atom. The van der Waals surface area contributed by atoms with Crippen LogP contribution >= 0.6 is 11.6 Å². The Bertz CT molecular complexity index is 921. The molecule has 0 saturated carbocycles. The van der Waals surface area contributed by atoms with Gasteiger partial charge in [-0.25, -0.2) is 4.39 Å². The third kappa shape index (κ3) is 3.50. The zero-order valence-corrected chi connectivity index (χ0v) is 12.7. The van der Waals surface area contributed by atoms with Crippen LogP contribution in [0.15, 0.2) is 65.1 Å². The molecule has 0 amide bonds. The van der Waals surface area contributed by atoms with E-state index >= 15 is 0 Å². The quantitative estimate of drug-likeness (QED) is 0.571. The van der Waals surface area contributed by atoms with Crippen LogP contribution in [0, 0.1) is 17.1 Å². The molecule has 4 heteroatoms. The summed E-state index contributed by atoms with van der Waals surface area (Å²) in [6.07, 6.45) is 1.59. The predicted molar refractivity (Wildman–Crippen MR) is 89.0 cm³/mol. The van der Waals surface area contributed by atoms with Crippen molar-refractivity contribution in [2.75, 3.05) is 0 Å². The van der Waals surface area contributed by atoms with E-state index < -0.39 is 0 Å². The maximum atomic E-state index is 13.3. The molecule has 0 bridgehead atoms. The van der Waals surface area contributed by atoms with Crippen molar-refractivity contribution in [3.8, 4) is 17.4 Å². The summed E-state index contributed by atoms with van der Waals surface area (Å²) in [6, 6.07) is 18.8. The van der Waals surface area contributed by atoms with Gasteiger partial charge in [-0.05, 0) is 48.0 Å². The second kappa shape index (κ2) is 6.51. The van der Waals surface area contributed by atoms with Gasteiger partial charge in [0.15, 0.2) is 0 Å². The van der Waals surface area contributed by atoms with Crippen LogP contribution < -0.4 is 0 Å². The van der Waals surface area contributed by atoms with Crippen molar-refractivity contribution in [3.05, 3.63) is 82.8 Å². The molecule has 112 valence electrons. The highest BCUT2D eigenvalue weighted by Gasteiger charge is 2.07. The molecule has 0 spiro atoms. The first-order valence-electron chi connectivity index (χ1n) is 6.89. The Morgan fingerprint density at radius 1 is 1.09 bits per heavy atom. The molecule has 23 heavy (non-hydrogen) atoms. The molecule has 0 unspecified atom stereocenters. The first-order chi connectivity index (χ1) is 11.2. The summed E-state index contributed by atoms with van der Waals surface area (Å²) >= 11 is 5.97. The van der Waals surface area contributed by atoms with E-state index in [1.54, 1.807) is 42.5 Å². The zero-order chi connectivity index (χ0) is 16.2. The Kier molecular flexibility index (Phi) is 4.27. The van der Waals surface area contributed by atoms with Crippen LogP contribution in [-0.4, -0.2) is 0 Å². The first kappa shape index (κ1) is 15.1. The normalized spacial score (nSPS) is 11.3. The summed E-state index contributed by atoms with van der Waals surface area (Å²) < 4.78 is 19.0. The average Bonchev–Trinajstić information content (AvgIpc) is 3.01. The molecule has 0 N–H and O–H groups in total. The molecule has 2 nitrogen and oxygen atoms in total. The topological polar surface area (TPSA) is 36.9 Å². The molecule has 0 atom stereocenters. The highest BCUT2D eigenvalue weighted by atomic mass is 35.5. The van der Waals surface area contributed by atoms with E-state index in [9.17, 15) is 9.65 Å². The third-order valence-electron chi connectivity index (χ3n) is 3.28. The lowest BCUT2D eigenvalue weighted by Gasteiger charge is -1.99. The Morgan fingerprint density at radius 3 is 2.65 bits per heavy atom. The van der Waals surface area contributed by atoms with Crippen LogP contribution in [0.25, 0.3) is 23.0 Å². The van der Waals surface area contributed by atoms with Crippen LogP contribution in [-0.2, 0) is 0 Å². The molecule has 0 aliphatic rings. The van der Waals surface area contributed by atoms with Gasteiger partial charge in [0.25, 0.3) is 0 Å². The van der Waals surface area contributed by atoms with E-state index in [0.29, 0.717) is 27.7 Å². The fraction of sp³-hybridized carbons (Fsp3) is 0. The fourth-order valence-corrected chi connectivity index (χ4v) is 2.40. The van der Waals surface area contributed by atoms with Gasteiger partial charge >= 0.3 is 0 Å². The van der Waals surface area contributed by atoms with E-state index in [-0.39, 0.29) is 5.82 Å². The molecule has 0 aliphatic carbocycles. The summed E-state index contributed by atoms with van der Waals surface area (Å²) in [7, 11) is 0. The van der Waals surface area contributed by atoms with Crippen molar-refractivity contribution in [2.24, 2.45) is 0 Å². The minimum Gasteiger partial charge on any atom is -0.457 e. The van der Waals surface area contributed by atoms with E-state index in [1.165, 1.54) is 12.1 Å². The number of allylic oxidation sites excluding steroid dienone is 1. The minimum absolute atomic E-state index is 0.330. The molecule has 0 saturated heterocycles. The number of nitriles is 1. The van der Waals surface area contributed by atoms with Gasteiger partial charge in [-0.15, -0.1) is 0 Å². The summed E-state index contributed by atoms with van der Waals surface area (Å²) in [5.41, 5.74) is 1.69. The molecular weight excluding hydrogens is 313 g/mol. The van der Waals surface area contributed by atoms with E-state index in [1.807, 2.05) is 12.1 Å². The number of benzene rings is 2. The molecule has 0 radical (unpaired) electrons. The van der Waals surface area contributed by atoms with Crippen LogP contribution in [0.3, 0.4) is 0 Å². The van der Waals surface area contributed by atoms with Crippen molar-refractivity contribution >= 4 is 23.3 Å². The molecule has 1 aromatic heterocycles. The summed E-state index contributed by atoms with van der Waals surface area (Å²) in [6.45, 7) is 0. The van der Waals surface area contributed by atoms with Gasteiger partial charge in [0, 0.05) is 10.6 Å². The standard InChI is InChI=1S/C19H11ClFNO/c20-16-5-1-4-14(9-16)19-8-7-18(23-19)11-15(12-22)13-3-2-6-17(21)10-13/h1-11H/b15-11-. The lowest BCUT2D eigenvalue weighted by atomic mass is 10.1. The SMILES string of the molecule is N#C/C(=C/c1ccc(-c2cccc(Cl)c2)o1)c1cccc(F)c1. The maximum Gasteiger partial charge on any atom is 0.134 e. The number of rotatable bonds is 3. The Labute approximate surface area is 138 Å². The second-order valence-corrected chi connectivity index (χ2v) is 5.33. The lowest BCUT2D eigenvalue weighted by molar-refractivity contribution is 0.572. The molecule has 1 heterocycles. The molecule has 0 aliphatic heterocycles. The number of nitrogens with zero attached hydrogens (tertiary/aromatic N) is 1. The molecule has 3 aromatic rings. The van der Waals surface area contributed by atoms with Gasteiger partial charge in [0.2, 0.25) is 0 Å². The van der Waals surface area contributed by atoms with Gasteiger partial charge in [-0.3, -0.25) is 0 Å². The van der Waals surface area contributed by atoms with Crippen LogP contribution in [0.1, 0.15) is 11.3 Å². The van der Waals surface area contributed by atoms with E-state index in [0.717, 1.165) is 5.56 Å². The first-order valence-corrected chi connectivity index (χ1v) is 7.27. The van der Waals surface area contributed by atoms with Gasteiger partial charge < -0.3 is 4.42 Å².